The van der Waals surface area contributed by atoms with Gasteiger partial charge in [-0.1, -0.05) is 6.07 Å². The molecule has 0 bridgehead atoms. The average molecular weight is 265 g/mol. The summed E-state index contributed by atoms with van der Waals surface area (Å²) in [6.45, 7) is 4.53. The van der Waals surface area contributed by atoms with Crippen molar-refractivity contribution in [3.8, 4) is 5.75 Å². The molecular weight excluding hydrogens is 242 g/mol. The number of nitrogens with two attached hydrogens (primary N) is 1. The second-order valence-electron chi connectivity index (χ2n) is 4.70. The number of anilines is 2. The fourth-order valence-corrected chi connectivity index (χ4v) is 1.74. The van der Waals surface area contributed by atoms with Gasteiger partial charge in [0.25, 0.3) is 0 Å². The van der Waals surface area contributed by atoms with Crippen LogP contribution in [0.5, 0.6) is 5.75 Å². The Bertz CT molecular complexity index is 433. The highest BCUT2D eigenvalue weighted by Gasteiger charge is 2.11. The number of carbonyl (C=O) groups is 1. The topological polar surface area (TPSA) is 67.6 Å². The lowest BCUT2D eigenvalue weighted by molar-refractivity contribution is -0.120. The van der Waals surface area contributed by atoms with Crippen LogP contribution in [0.3, 0.4) is 0 Å². The molecule has 0 aliphatic carbocycles. The van der Waals surface area contributed by atoms with Crippen molar-refractivity contribution in [3.05, 3.63) is 18.2 Å². The molecule has 1 aromatic rings. The van der Waals surface area contributed by atoms with E-state index < -0.39 is 0 Å². The Morgan fingerprint density at radius 1 is 1.47 bits per heavy atom. The Morgan fingerprint density at radius 2 is 2.16 bits per heavy atom. The zero-order valence-corrected chi connectivity index (χ0v) is 12.1. The number of benzene rings is 1. The zero-order chi connectivity index (χ0) is 14.4. The summed E-state index contributed by atoms with van der Waals surface area (Å²) in [5.41, 5.74) is 7.59. The Labute approximate surface area is 114 Å². The van der Waals surface area contributed by atoms with Gasteiger partial charge in [0.05, 0.1) is 17.5 Å². The van der Waals surface area contributed by atoms with Crippen LogP contribution in [0, 0.1) is 0 Å². The van der Waals surface area contributed by atoms with Crippen molar-refractivity contribution in [2.45, 2.75) is 26.4 Å². The molecule has 0 atom stereocenters. The number of amides is 1. The van der Waals surface area contributed by atoms with Gasteiger partial charge in [0.1, 0.15) is 5.75 Å². The molecule has 1 amide bonds. The highest BCUT2D eigenvalue weighted by molar-refractivity contribution is 5.77. The van der Waals surface area contributed by atoms with E-state index in [-0.39, 0.29) is 12.0 Å². The number of nitrogens with one attached hydrogen (secondary N) is 1. The van der Waals surface area contributed by atoms with Gasteiger partial charge in [0.15, 0.2) is 0 Å². The normalized spacial score (nSPS) is 10.4. The molecule has 0 aliphatic heterocycles. The fourth-order valence-electron chi connectivity index (χ4n) is 1.74. The van der Waals surface area contributed by atoms with Crippen LogP contribution in [0.15, 0.2) is 18.2 Å². The van der Waals surface area contributed by atoms with E-state index in [1.54, 1.807) is 7.05 Å². The lowest BCUT2D eigenvalue weighted by atomic mass is 10.2. The molecule has 0 unspecified atom stereocenters. The summed E-state index contributed by atoms with van der Waals surface area (Å²) in [6.07, 6.45) is 0.510. The Kier molecular flexibility index (Phi) is 5.48. The van der Waals surface area contributed by atoms with Gasteiger partial charge in [-0.15, -0.1) is 0 Å². The van der Waals surface area contributed by atoms with E-state index in [4.69, 9.17) is 10.5 Å². The van der Waals surface area contributed by atoms with Crippen LogP contribution in [0.1, 0.15) is 20.3 Å². The number of nitrogen functional groups attached to an aromatic ring is 1. The van der Waals surface area contributed by atoms with Crippen LogP contribution in [0.2, 0.25) is 0 Å². The van der Waals surface area contributed by atoms with Crippen molar-refractivity contribution < 1.29 is 9.53 Å². The van der Waals surface area contributed by atoms with Gasteiger partial charge in [-0.3, -0.25) is 4.79 Å². The molecule has 106 valence electrons. The maximum absolute atomic E-state index is 11.3. The van der Waals surface area contributed by atoms with Crippen molar-refractivity contribution in [2.75, 3.05) is 31.3 Å². The molecule has 19 heavy (non-hydrogen) atoms. The predicted molar refractivity (Wildman–Crippen MR) is 78.6 cm³/mol. The van der Waals surface area contributed by atoms with E-state index in [0.29, 0.717) is 24.4 Å². The predicted octanol–water partition coefficient (Wildman–Crippen LogP) is 1.63. The monoisotopic (exact) mass is 265 g/mol. The molecule has 5 nitrogen and oxygen atoms in total. The highest BCUT2D eigenvalue weighted by atomic mass is 16.5. The molecule has 0 saturated heterocycles. The summed E-state index contributed by atoms with van der Waals surface area (Å²) in [5, 5.41) is 2.60. The third-order valence-electron chi connectivity index (χ3n) is 2.77. The third-order valence-corrected chi connectivity index (χ3v) is 2.77. The summed E-state index contributed by atoms with van der Waals surface area (Å²) in [6, 6.07) is 5.68. The second kappa shape index (κ2) is 6.87. The zero-order valence-electron chi connectivity index (χ0n) is 12.1. The lowest BCUT2D eigenvalue weighted by Crippen LogP contribution is -2.26. The molecule has 0 heterocycles. The molecule has 0 radical (unpaired) electrons. The maximum Gasteiger partial charge on any atom is 0.221 e. The van der Waals surface area contributed by atoms with Gasteiger partial charge >= 0.3 is 0 Å². The summed E-state index contributed by atoms with van der Waals surface area (Å²) in [7, 11) is 3.54. The van der Waals surface area contributed by atoms with E-state index in [1.165, 1.54) is 0 Å². The number of carbonyl (C=O) groups excluding carboxylic acids is 1. The average Bonchev–Trinajstić information content (AvgIpc) is 2.37. The van der Waals surface area contributed by atoms with E-state index in [9.17, 15) is 4.79 Å². The molecule has 5 heteroatoms. The van der Waals surface area contributed by atoms with Crippen LogP contribution >= 0.6 is 0 Å². The van der Waals surface area contributed by atoms with Crippen molar-refractivity contribution >= 4 is 17.3 Å². The van der Waals surface area contributed by atoms with Crippen LogP contribution in [-0.4, -0.2) is 32.7 Å². The van der Waals surface area contributed by atoms with Crippen molar-refractivity contribution in [2.24, 2.45) is 0 Å². The molecular formula is C14H23N3O2. The van der Waals surface area contributed by atoms with Crippen LogP contribution in [0.4, 0.5) is 11.4 Å². The van der Waals surface area contributed by atoms with Gasteiger partial charge in [0.2, 0.25) is 5.91 Å². The summed E-state index contributed by atoms with van der Waals surface area (Å²) >= 11 is 0. The van der Waals surface area contributed by atoms with E-state index in [0.717, 1.165) is 5.69 Å². The van der Waals surface area contributed by atoms with Crippen LogP contribution in [0.25, 0.3) is 0 Å². The van der Waals surface area contributed by atoms with E-state index >= 15 is 0 Å². The van der Waals surface area contributed by atoms with Crippen LogP contribution in [-0.2, 0) is 4.79 Å². The minimum Gasteiger partial charge on any atom is -0.489 e. The first-order chi connectivity index (χ1) is 8.95. The van der Waals surface area contributed by atoms with Gasteiger partial charge in [-0.2, -0.15) is 0 Å². The summed E-state index contributed by atoms with van der Waals surface area (Å²) in [5.74, 6) is 0.694. The number of ether oxygens (including phenoxy) is 1. The first-order valence-corrected chi connectivity index (χ1v) is 6.42. The SMILES string of the molecule is CNC(=O)CCN(C)c1cccc(OC(C)C)c1N. The Morgan fingerprint density at radius 3 is 2.74 bits per heavy atom. The molecule has 1 rings (SSSR count). The number of rotatable bonds is 6. The first-order valence-electron chi connectivity index (χ1n) is 6.42. The van der Waals surface area contributed by atoms with Crippen molar-refractivity contribution in [1.82, 2.24) is 5.32 Å². The third kappa shape index (κ3) is 4.35. The molecule has 0 saturated carbocycles. The fraction of sp³-hybridized carbons (Fsp3) is 0.500. The second-order valence-corrected chi connectivity index (χ2v) is 4.70. The lowest BCUT2D eigenvalue weighted by Gasteiger charge is -2.22. The summed E-state index contributed by atoms with van der Waals surface area (Å²) in [4.78, 5) is 13.2. The van der Waals surface area contributed by atoms with Crippen molar-refractivity contribution in [3.63, 3.8) is 0 Å². The molecule has 3 N–H and O–H groups in total. The minimum absolute atomic E-state index is 0.0139. The first kappa shape index (κ1) is 15.1. The number of nitrogens with zero attached hydrogens (tertiary/aromatic N) is 1. The Balaban J connectivity index is 2.79. The molecule has 0 aliphatic rings. The number of para-hydroxylation sites is 1. The minimum atomic E-state index is 0.0139. The van der Waals surface area contributed by atoms with Gasteiger partial charge in [-0.25, -0.2) is 0 Å². The standard InChI is InChI=1S/C14H23N3O2/c1-10(2)19-12-7-5-6-11(14(12)15)17(4)9-8-13(18)16-3/h5-7,10H,8-9,15H2,1-4H3,(H,16,18). The van der Waals surface area contributed by atoms with Crippen molar-refractivity contribution in [1.29, 1.82) is 0 Å². The number of hydrogen-bond donors (Lipinski definition) is 2. The van der Waals surface area contributed by atoms with Gasteiger partial charge in [0, 0.05) is 27.1 Å². The maximum atomic E-state index is 11.3. The van der Waals surface area contributed by atoms with Gasteiger partial charge < -0.3 is 20.7 Å². The number of hydrogen-bond acceptors (Lipinski definition) is 4. The Hall–Kier alpha value is -1.91. The molecule has 0 spiro atoms. The van der Waals surface area contributed by atoms with E-state index in [1.807, 2.05) is 44.0 Å². The molecule has 1 aromatic carbocycles. The largest absolute Gasteiger partial charge is 0.489 e. The smallest absolute Gasteiger partial charge is 0.221 e. The summed E-state index contributed by atoms with van der Waals surface area (Å²) < 4.78 is 5.65. The highest BCUT2D eigenvalue weighted by Crippen LogP contribution is 2.32. The molecule has 0 fully saturated rings. The van der Waals surface area contributed by atoms with Gasteiger partial charge in [-0.05, 0) is 26.0 Å². The van der Waals surface area contributed by atoms with E-state index in [2.05, 4.69) is 5.32 Å². The molecule has 0 aromatic heterocycles. The quantitative estimate of drug-likeness (QED) is 0.767. The van der Waals surface area contributed by atoms with Crippen LogP contribution < -0.4 is 20.7 Å².